The molecule has 2 fully saturated rings. The Morgan fingerprint density at radius 2 is 2.18 bits per heavy atom. The van der Waals surface area contributed by atoms with Crippen LogP contribution in [-0.2, 0) is 14.3 Å². The van der Waals surface area contributed by atoms with Crippen LogP contribution < -0.4 is 30.9 Å². The van der Waals surface area contributed by atoms with Crippen molar-refractivity contribution in [3.63, 3.8) is 0 Å². The lowest BCUT2D eigenvalue weighted by molar-refractivity contribution is -0.148. The average Bonchev–Trinajstić information content (AvgIpc) is 3.45. The summed E-state index contributed by atoms with van der Waals surface area (Å²) < 4.78 is 16.6. The van der Waals surface area contributed by atoms with Crippen LogP contribution in [0, 0.1) is 0 Å². The number of nitrogens with one attached hydrogen (secondary N) is 4. The van der Waals surface area contributed by atoms with E-state index in [0.717, 1.165) is 34.3 Å². The largest absolute Gasteiger partial charge is 0.494 e. The molecular weight excluding hydrogens is 438 g/mol. The molecular formula is C23H29N7O4. The van der Waals surface area contributed by atoms with Crippen molar-refractivity contribution < 1.29 is 19.0 Å². The number of carbonyl (C=O) groups excluding carboxylic acids is 1. The quantitative estimate of drug-likeness (QED) is 0.491. The minimum absolute atomic E-state index is 0.0180. The Labute approximate surface area is 197 Å². The number of aliphatic imine (C=N–C) groups is 1. The monoisotopic (exact) mass is 467 g/mol. The highest BCUT2D eigenvalue weighted by molar-refractivity contribution is 5.97. The second kappa shape index (κ2) is 8.10. The third kappa shape index (κ3) is 3.43. The van der Waals surface area contributed by atoms with Crippen molar-refractivity contribution >= 4 is 23.5 Å². The minimum Gasteiger partial charge on any atom is -0.494 e. The summed E-state index contributed by atoms with van der Waals surface area (Å²) in [6.07, 6.45) is 4.03. The summed E-state index contributed by atoms with van der Waals surface area (Å²) in [5.41, 5.74) is 2.95. The fourth-order valence-corrected chi connectivity index (χ4v) is 4.87. The summed E-state index contributed by atoms with van der Waals surface area (Å²) >= 11 is 0. The van der Waals surface area contributed by atoms with E-state index in [-0.39, 0.29) is 11.9 Å². The molecule has 0 radical (unpaired) electrons. The molecule has 1 amide bonds. The number of benzene rings is 1. The molecule has 4 N–H and O–H groups in total. The van der Waals surface area contributed by atoms with Gasteiger partial charge in [-0.2, -0.15) is 0 Å². The molecule has 34 heavy (non-hydrogen) atoms. The number of nitrogens with zero attached hydrogens (tertiary/aromatic N) is 3. The lowest BCUT2D eigenvalue weighted by Crippen LogP contribution is -2.69. The first kappa shape index (κ1) is 21.1. The van der Waals surface area contributed by atoms with Crippen LogP contribution in [0.5, 0.6) is 5.75 Å². The van der Waals surface area contributed by atoms with E-state index >= 15 is 0 Å². The van der Waals surface area contributed by atoms with Crippen LogP contribution >= 0.6 is 0 Å². The van der Waals surface area contributed by atoms with Crippen molar-refractivity contribution in [3.8, 4) is 5.75 Å². The van der Waals surface area contributed by atoms with E-state index in [2.05, 4.69) is 37.4 Å². The van der Waals surface area contributed by atoms with Gasteiger partial charge < -0.3 is 40.4 Å². The van der Waals surface area contributed by atoms with Crippen LogP contribution in [0.15, 0.2) is 46.6 Å². The van der Waals surface area contributed by atoms with Gasteiger partial charge in [0.15, 0.2) is 6.29 Å². The number of carbonyl (C=O) groups is 1. The number of hydrogen-bond acceptors (Lipinski definition) is 10. The van der Waals surface area contributed by atoms with Gasteiger partial charge in [-0.25, -0.2) is 4.99 Å². The lowest BCUT2D eigenvalue weighted by Gasteiger charge is -2.48. The van der Waals surface area contributed by atoms with E-state index in [4.69, 9.17) is 14.2 Å². The fraction of sp³-hybridized carbons (Fsp3) is 0.478. The van der Waals surface area contributed by atoms with Crippen LogP contribution in [0.3, 0.4) is 0 Å². The van der Waals surface area contributed by atoms with Crippen LogP contribution in [0.2, 0.25) is 0 Å². The van der Waals surface area contributed by atoms with Gasteiger partial charge in [-0.15, -0.1) is 0 Å². The number of hydrogen-bond donors (Lipinski definition) is 4. The Kier molecular flexibility index (Phi) is 5.03. The number of methoxy groups -OCH3 is 1. The van der Waals surface area contributed by atoms with Gasteiger partial charge in [0.1, 0.15) is 22.8 Å². The molecule has 11 heteroatoms. The predicted octanol–water partition coefficient (Wildman–Crippen LogP) is 0.452. The summed E-state index contributed by atoms with van der Waals surface area (Å²) in [4.78, 5) is 22.0. The second-order valence-electron chi connectivity index (χ2n) is 9.11. The van der Waals surface area contributed by atoms with E-state index < -0.39 is 11.8 Å². The van der Waals surface area contributed by atoms with E-state index in [9.17, 15) is 4.79 Å². The topological polar surface area (TPSA) is 112 Å². The van der Waals surface area contributed by atoms with Gasteiger partial charge in [0.05, 0.1) is 51.5 Å². The molecule has 5 aliphatic heterocycles. The molecule has 5 aliphatic rings. The summed E-state index contributed by atoms with van der Waals surface area (Å²) in [6.45, 7) is 4.70. The van der Waals surface area contributed by atoms with E-state index in [1.54, 1.807) is 13.3 Å². The van der Waals surface area contributed by atoms with E-state index in [1.807, 2.05) is 30.0 Å². The van der Waals surface area contributed by atoms with Gasteiger partial charge in [-0.1, -0.05) is 0 Å². The smallest absolute Gasteiger partial charge is 0.255 e. The van der Waals surface area contributed by atoms with Crippen molar-refractivity contribution in [2.45, 2.75) is 31.2 Å². The van der Waals surface area contributed by atoms with Crippen molar-refractivity contribution in [3.05, 3.63) is 41.6 Å². The van der Waals surface area contributed by atoms with Crippen LogP contribution in [0.4, 0.5) is 11.4 Å². The van der Waals surface area contributed by atoms with Gasteiger partial charge in [-0.05, 0) is 19.1 Å². The summed E-state index contributed by atoms with van der Waals surface area (Å²) in [7, 11) is 1.67. The number of allylic oxidation sites excluding steroid dienone is 2. The Morgan fingerprint density at radius 3 is 2.85 bits per heavy atom. The number of ether oxygens (including phenoxy) is 3. The summed E-state index contributed by atoms with van der Waals surface area (Å²) in [5.74, 6) is 1.56. The molecule has 0 saturated carbocycles. The molecule has 6 rings (SSSR count). The molecule has 2 atom stereocenters. The minimum atomic E-state index is -0.753. The highest BCUT2D eigenvalue weighted by Crippen LogP contribution is 2.35. The maximum atomic E-state index is 13.4. The third-order valence-corrected chi connectivity index (χ3v) is 6.81. The van der Waals surface area contributed by atoms with Crippen molar-refractivity contribution in [1.29, 1.82) is 0 Å². The Hall–Kier alpha value is -3.44. The molecule has 11 nitrogen and oxygen atoms in total. The Balaban J connectivity index is 1.22. The van der Waals surface area contributed by atoms with Crippen LogP contribution in [0.1, 0.15) is 13.3 Å². The normalized spacial score (nSPS) is 28.2. The first-order valence-corrected chi connectivity index (χ1v) is 11.5. The zero-order chi connectivity index (χ0) is 23.3. The second-order valence-corrected chi connectivity index (χ2v) is 9.11. The Morgan fingerprint density at radius 1 is 1.29 bits per heavy atom. The zero-order valence-corrected chi connectivity index (χ0v) is 19.3. The molecule has 2 unspecified atom stereocenters. The first-order chi connectivity index (χ1) is 16.6. The van der Waals surface area contributed by atoms with E-state index in [1.165, 1.54) is 0 Å². The number of amides is 1. The SMILES string of the molecule is COc1cc(NC2N=CC3=C(N2)NC2(CCOC2)C(=O)N3C2COC2)ccc1N1C=C(C)NC1. The standard InChI is InChI=1S/C23H29N7O4/c1-14-9-29(13-25-14)17-4-3-15(7-19(17)32-2)26-22-24-8-18-20(27-22)28-23(5-6-33-12-23)21(31)30(18)16-10-34-11-16/h3-4,7-9,16,22,25-28H,5-6,10-13H2,1-2H3. The summed E-state index contributed by atoms with van der Waals surface area (Å²) in [5, 5.41) is 13.6. The van der Waals surface area contributed by atoms with Gasteiger partial charge in [0.2, 0.25) is 0 Å². The maximum absolute atomic E-state index is 13.4. The fourth-order valence-electron chi connectivity index (χ4n) is 4.87. The zero-order valence-electron chi connectivity index (χ0n) is 19.3. The highest BCUT2D eigenvalue weighted by atomic mass is 16.5. The molecule has 1 spiro atoms. The average molecular weight is 468 g/mol. The molecule has 0 aromatic heterocycles. The third-order valence-electron chi connectivity index (χ3n) is 6.81. The Bertz CT molecular complexity index is 1090. The van der Waals surface area contributed by atoms with Crippen LogP contribution in [0.25, 0.3) is 0 Å². The molecule has 0 bridgehead atoms. The van der Waals surface area contributed by atoms with Gasteiger partial charge in [0.25, 0.3) is 5.91 Å². The molecule has 1 aromatic carbocycles. The molecule has 0 aliphatic carbocycles. The summed E-state index contributed by atoms with van der Waals surface area (Å²) in [6, 6.07) is 6.00. The predicted molar refractivity (Wildman–Crippen MR) is 126 cm³/mol. The van der Waals surface area contributed by atoms with Crippen molar-refractivity contribution in [1.82, 2.24) is 20.9 Å². The van der Waals surface area contributed by atoms with E-state index in [0.29, 0.717) is 39.5 Å². The lowest BCUT2D eigenvalue weighted by atomic mass is 9.92. The maximum Gasteiger partial charge on any atom is 0.255 e. The number of rotatable bonds is 5. The highest BCUT2D eigenvalue weighted by Gasteiger charge is 2.52. The molecule has 180 valence electrons. The number of anilines is 2. The van der Waals surface area contributed by atoms with Crippen molar-refractivity contribution in [2.24, 2.45) is 4.99 Å². The molecule has 1 aromatic rings. The van der Waals surface area contributed by atoms with Crippen molar-refractivity contribution in [2.75, 3.05) is 50.4 Å². The molecule has 5 heterocycles. The van der Waals surface area contributed by atoms with Gasteiger partial charge in [0, 0.05) is 36.7 Å². The van der Waals surface area contributed by atoms with Crippen LogP contribution in [-0.4, -0.2) is 75.1 Å². The van der Waals surface area contributed by atoms with Gasteiger partial charge >= 0.3 is 0 Å². The molecule has 2 saturated heterocycles. The van der Waals surface area contributed by atoms with Gasteiger partial charge in [-0.3, -0.25) is 9.69 Å². The first-order valence-electron chi connectivity index (χ1n) is 11.5.